The molecule has 0 radical (unpaired) electrons. The van der Waals surface area contributed by atoms with Crippen LogP contribution in [0.25, 0.3) is 54.6 Å². The molecule has 6 aromatic carbocycles. The summed E-state index contributed by atoms with van der Waals surface area (Å²) in [6, 6.07) is 46.4. The second-order valence-electron chi connectivity index (χ2n) is 8.22. The highest BCUT2D eigenvalue weighted by Gasteiger charge is 2.10. The van der Waals surface area contributed by atoms with E-state index in [1.165, 1.54) is 32.3 Å². The van der Waals surface area contributed by atoms with Crippen LogP contribution in [0.3, 0.4) is 0 Å². The molecule has 7 rings (SSSR count). The molecule has 0 fully saturated rings. The third-order valence-electron chi connectivity index (χ3n) is 6.10. The molecular formula is C32H22O. The first-order valence-corrected chi connectivity index (χ1v) is 11.2. The van der Waals surface area contributed by atoms with E-state index in [0.717, 1.165) is 22.3 Å². The maximum Gasteiger partial charge on any atom is 0.136 e. The molecule has 0 aliphatic heterocycles. The van der Waals surface area contributed by atoms with Gasteiger partial charge in [-0.3, -0.25) is 0 Å². The van der Waals surface area contributed by atoms with Gasteiger partial charge in [0.1, 0.15) is 11.3 Å². The van der Waals surface area contributed by atoms with Crippen molar-refractivity contribution >= 4 is 43.3 Å². The lowest BCUT2D eigenvalue weighted by Gasteiger charge is -2.06. The van der Waals surface area contributed by atoms with Crippen molar-refractivity contribution in [1.29, 1.82) is 0 Å². The standard InChI is InChI=1S/C22H14O.C10H8/c1-2-7-16-13-20-17(12-15(16)6-1)9-5-10-19(20)22-14-18-8-3-4-11-21(18)23-22;1-2-6-10-8-4-3-7-9(10)5-1/h1-14H;1-8H. The number of furan rings is 1. The van der Waals surface area contributed by atoms with Crippen molar-refractivity contribution < 1.29 is 4.42 Å². The van der Waals surface area contributed by atoms with E-state index < -0.39 is 0 Å². The summed E-state index contributed by atoms with van der Waals surface area (Å²) in [5.74, 6) is 0.923. The van der Waals surface area contributed by atoms with E-state index >= 15 is 0 Å². The van der Waals surface area contributed by atoms with Gasteiger partial charge in [0, 0.05) is 10.9 Å². The summed E-state index contributed by atoms with van der Waals surface area (Å²) in [6.07, 6.45) is 0. The molecule has 0 bridgehead atoms. The molecular weight excluding hydrogens is 400 g/mol. The largest absolute Gasteiger partial charge is 0.456 e. The summed E-state index contributed by atoms with van der Waals surface area (Å²) in [6.45, 7) is 0. The Hall–Kier alpha value is -4.36. The molecule has 1 heterocycles. The van der Waals surface area contributed by atoms with Gasteiger partial charge in [0.2, 0.25) is 0 Å². The van der Waals surface area contributed by atoms with Crippen molar-refractivity contribution in [1.82, 2.24) is 0 Å². The Kier molecular flexibility index (Phi) is 4.86. The Morgan fingerprint density at radius 1 is 0.364 bits per heavy atom. The molecule has 0 N–H and O–H groups in total. The smallest absolute Gasteiger partial charge is 0.136 e. The van der Waals surface area contributed by atoms with Crippen molar-refractivity contribution in [3.05, 3.63) is 133 Å². The summed E-state index contributed by atoms with van der Waals surface area (Å²) in [5.41, 5.74) is 2.07. The number of fused-ring (bicyclic) bond motifs is 4. The number of hydrogen-bond donors (Lipinski definition) is 0. The van der Waals surface area contributed by atoms with Crippen LogP contribution in [0.1, 0.15) is 0 Å². The van der Waals surface area contributed by atoms with Crippen molar-refractivity contribution in [2.45, 2.75) is 0 Å². The number of para-hydroxylation sites is 1. The fraction of sp³-hybridized carbons (Fsp3) is 0. The van der Waals surface area contributed by atoms with E-state index in [9.17, 15) is 0 Å². The molecule has 7 aromatic rings. The summed E-state index contributed by atoms with van der Waals surface area (Å²) in [7, 11) is 0. The molecule has 0 amide bonds. The first-order valence-electron chi connectivity index (χ1n) is 11.2. The number of benzene rings is 6. The topological polar surface area (TPSA) is 13.1 Å². The Labute approximate surface area is 192 Å². The Morgan fingerprint density at radius 2 is 0.879 bits per heavy atom. The lowest BCUT2D eigenvalue weighted by Crippen LogP contribution is -1.80. The highest BCUT2D eigenvalue weighted by atomic mass is 16.3. The second-order valence-corrected chi connectivity index (χ2v) is 8.22. The summed E-state index contributed by atoms with van der Waals surface area (Å²) < 4.78 is 6.07. The maximum absolute atomic E-state index is 6.07. The van der Waals surface area contributed by atoms with E-state index in [1.54, 1.807) is 0 Å². The predicted octanol–water partition coefficient (Wildman–Crippen LogP) is 9.25. The monoisotopic (exact) mass is 422 g/mol. The molecule has 0 aliphatic carbocycles. The second kappa shape index (κ2) is 8.29. The van der Waals surface area contributed by atoms with Gasteiger partial charge in [-0.2, -0.15) is 0 Å². The minimum atomic E-state index is 0.923. The molecule has 33 heavy (non-hydrogen) atoms. The van der Waals surface area contributed by atoms with Crippen molar-refractivity contribution in [3.8, 4) is 11.3 Å². The molecule has 1 nitrogen and oxygen atoms in total. The van der Waals surface area contributed by atoms with Crippen LogP contribution in [0.5, 0.6) is 0 Å². The lowest BCUT2D eigenvalue weighted by molar-refractivity contribution is 0.632. The summed E-state index contributed by atoms with van der Waals surface area (Å²) in [5, 5.41) is 8.74. The number of hydrogen-bond acceptors (Lipinski definition) is 1. The predicted molar refractivity (Wildman–Crippen MR) is 141 cm³/mol. The van der Waals surface area contributed by atoms with E-state index in [-0.39, 0.29) is 0 Å². The van der Waals surface area contributed by atoms with Gasteiger partial charge in [-0.05, 0) is 56.6 Å². The van der Waals surface area contributed by atoms with Gasteiger partial charge < -0.3 is 4.42 Å². The maximum atomic E-state index is 6.07. The molecule has 0 spiro atoms. The van der Waals surface area contributed by atoms with Gasteiger partial charge in [-0.1, -0.05) is 109 Å². The van der Waals surface area contributed by atoms with Crippen LogP contribution in [0, 0.1) is 0 Å². The molecule has 0 atom stereocenters. The van der Waals surface area contributed by atoms with Crippen LogP contribution >= 0.6 is 0 Å². The molecule has 1 aromatic heterocycles. The van der Waals surface area contributed by atoms with Gasteiger partial charge in [0.15, 0.2) is 0 Å². The average molecular weight is 423 g/mol. The molecule has 156 valence electrons. The van der Waals surface area contributed by atoms with Crippen LogP contribution in [-0.4, -0.2) is 0 Å². The number of rotatable bonds is 1. The van der Waals surface area contributed by atoms with E-state index in [1.807, 2.05) is 18.2 Å². The molecule has 0 aliphatic rings. The zero-order valence-electron chi connectivity index (χ0n) is 18.1. The third kappa shape index (κ3) is 3.75. The summed E-state index contributed by atoms with van der Waals surface area (Å²) in [4.78, 5) is 0. The zero-order chi connectivity index (χ0) is 22.0. The van der Waals surface area contributed by atoms with Crippen molar-refractivity contribution in [3.63, 3.8) is 0 Å². The van der Waals surface area contributed by atoms with Gasteiger partial charge in [0.05, 0.1) is 0 Å². The van der Waals surface area contributed by atoms with E-state index in [2.05, 4.69) is 115 Å². The minimum Gasteiger partial charge on any atom is -0.456 e. The highest BCUT2D eigenvalue weighted by molar-refractivity contribution is 6.05. The zero-order valence-corrected chi connectivity index (χ0v) is 18.1. The van der Waals surface area contributed by atoms with Gasteiger partial charge in [0.25, 0.3) is 0 Å². The Balaban J connectivity index is 0.000000173. The molecule has 1 heteroatoms. The van der Waals surface area contributed by atoms with Crippen molar-refractivity contribution in [2.75, 3.05) is 0 Å². The average Bonchev–Trinajstić information content (AvgIpc) is 3.32. The molecule has 0 saturated carbocycles. The Morgan fingerprint density at radius 3 is 1.52 bits per heavy atom. The minimum absolute atomic E-state index is 0.923. The van der Waals surface area contributed by atoms with Gasteiger partial charge in [-0.15, -0.1) is 0 Å². The van der Waals surface area contributed by atoms with E-state index in [4.69, 9.17) is 4.42 Å². The van der Waals surface area contributed by atoms with Crippen LogP contribution in [0.4, 0.5) is 0 Å². The third-order valence-corrected chi connectivity index (χ3v) is 6.10. The van der Waals surface area contributed by atoms with Crippen LogP contribution < -0.4 is 0 Å². The lowest BCUT2D eigenvalue weighted by atomic mass is 9.98. The Bertz CT molecular complexity index is 1620. The van der Waals surface area contributed by atoms with Gasteiger partial charge in [-0.25, -0.2) is 0 Å². The van der Waals surface area contributed by atoms with Crippen LogP contribution in [0.2, 0.25) is 0 Å². The van der Waals surface area contributed by atoms with Crippen LogP contribution in [0.15, 0.2) is 138 Å². The van der Waals surface area contributed by atoms with Crippen LogP contribution in [-0.2, 0) is 0 Å². The van der Waals surface area contributed by atoms with Crippen molar-refractivity contribution in [2.24, 2.45) is 0 Å². The summed E-state index contributed by atoms with van der Waals surface area (Å²) >= 11 is 0. The highest BCUT2D eigenvalue weighted by Crippen LogP contribution is 2.34. The molecule has 0 unspecified atom stereocenters. The first-order chi connectivity index (χ1) is 16.3. The normalized spacial score (nSPS) is 11.0. The fourth-order valence-corrected chi connectivity index (χ4v) is 4.43. The quantitative estimate of drug-likeness (QED) is 0.240. The first kappa shape index (κ1) is 19.3. The molecule has 0 saturated heterocycles. The van der Waals surface area contributed by atoms with Gasteiger partial charge >= 0.3 is 0 Å². The fourth-order valence-electron chi connectivity index (χ4n) is 4.43. The SMILES string of the molecule is c1ccc2cc3c(-c4cc5ccccc5o4)cccc3cc2c1.c1ccc2ccccc2c1. The van der Waals surface area contributed by atoms with E-state index in [0.29, 0.717) is 0 Å².